The van der Waals surface area contributed by atoms with Crippen molar-refractivity contribution < 1.29 is 29.3 Å². The lowest BCUT2D eigenvalue weighted by Gasteiger charge is -2.11. The van der Waals surface area contributed by atoms with Gasteiger partial charge >= 0.3 is 11.9 Å². The highest BCUT2D eigenvalue weighted by molar-refractivity contribution is 7.97. The molecule has 7 nitrogen and oxygen atoms in total. The number of rotatable bonds is 14. The van der Waals surface area contributed by atoms with Crippen molar-refractivity contribution in [2.45, 2.75) is 30.8 Å². The maximum absolute atomic E-state index is 11.1. The largest absolute Gasteiger partial charge is 0.497 e. The van der Waals surface area contributed by atoms with E-state index in [1.165, 1.54) is 11.6 Å². The molecule has 0 aliphatic rings. The van der Waals surface area contributed by atoms with Crippen molar-refractivity contribution >= 4 is 29.8 Å². The number of aromatic carboxylic acids is 1. The smallest absolute Gasteiger partial charge is 0.335 e. The Hall–Kier alpha value is -3.78. The zero-order valence-corrected chi connectivity index (χ0v) is 20.9. The number of aliphatic carboxylic acids is 1. The van der Waals surface area contributed by atoms with Gasteiger partial charge in [0.15, 0.2) is 0 Å². The summed E-state index contributed by atoms with van der Waals surface area (Å²) in [6.45, 7) is 0.500. The van der Waals surface area contributed by atoms with Crippen LogP contribution in [0.5, 0.6) is 11.5 Å². The van der Waals surface area contributed by atoms with Gasteiger partial charge in [-0.2, -0.15) is 11.8 Å². The van der Waals surface area contributed by atoms with E-state index in [1.54, 1.807) is 37.1 Å². The lowest BCUT2D eigenvalue weighted by atomic mass is 10.1. The molecule has 0 aliphatic carbocycles. The molecule has 0 bridgehead atoms. The summed E-state index contributed by atoms with van der Waals surface area (Å²) < 4.78 is 11.1. The highest BCUT2D eigenvalue weighted by Crippen LogP contribution is 2.23. The van der Waals surface area contributed by atoms with Gasteiger partial charge in [-0.25, -0.2) is 14.6 Å². The fourth-order valence-electron chi connectivity index (χ4n) is 3.45. The third-order valence-electron chi connectivity index (χ3n) is 5.30. The molecule has 36 heavy (non-hydrogen) atoms. The first-order valence-corrected chi connectivity index (χ1v) is 12.7. The molecule has 1 aromatic heterocycles. The second-order valence-corrected chi connectivity index (χ2v) is 9.00. The molecule has 0 fully saturated rings. The van der Waals surface area contributed by atoms with Gasteiger partial charge < -0.3 is 19.7 Å². The molecule has 2 aromatic carbocycles. The van der Waals surface area contributed by atoms with Crippen LogP contribution in [0.2, 0.25) is 0 Å². The molecule has 0 amide bonds. The van der Waals surface area contributed by atoms with Gasteiger partial charge in [0.2, 0.25) is 0 Å². The zero-order chi connectivity index (χ0) is 25.8. The Morgan fingerprint density at radius 3 is 2.50 bits per heavy atom. The van der Waals surface area contributed by atoms with E-state index in [2.05, 4.69) is 17.1 Å². The summed E-state index contributed by atoms with van der Waals surface area (Å²) in [5.41, 5.74) is 3.67. The van der Waals surface area contributed by atoms with E-state index in [0.29, 0.717) is 29.6 Å². The van der Waals surface area contributed by atoms with Crippen LogP contribution >= 0.6 is 11.8 Å². The summed E-state index contributed by atoms with van der Waals surface area (Å²) in [4.78, 5) is 26.8. The number of aromatic nitrogens is 1. The fourth-order valence-corrected chi connectivity index (χ4v) is 4.34. The molecule has 3 aromatic rings. The number of benzene rings is 2. The Bertz CT molecular complexity index is 1190. The molecule has 0 saturated heterocycles. The second-order valence-electron chi connectivity index (χ2n) is 8.01. The first kappa shape index (κ1) is 26.8. The number of carbonyl (C=O) groups is 2. The van der Waals surface area contributed by atoms with Crippen LogP contribution in [-0.2, 0) is 22.7 Å². The van der Waals surface area contributed by atoms with Crippen molar-refractivity contribution in [1.29, 1.82) is 0 Å². The lowest BCUT2D eigenvalue weighted by molar-refractivity contribution is -0.131. The highest BCUT2D eigenvalue weighted by Gasteiger charge is 2.08. The van der Waals surface area contributed by atoms with Gasteiger partial charge in [0.05, 0.1) is 25.0 Å². The normalized spacial score (nSPS) is 10.9. The molecular formula is C28H29NO6S. The minimum atomic E-state index is -1.06. The predicted molar refractivity (Wildman–Crippen MR) is 141 cm³/mol. The van der Waals surface area contributed by atoms with E-state index in [9.17, 15) is 9.59 Å². The standard InChI is InChI=1S/C28H29NO6S/c1-34-24-11-8-20(9-12-24)5-2-3-16-35-26-14-10-23(29-25(26)13-15-27(30)31)19-36-18-21-6-4-7-22(17-21)28(32)33/h4,6-15,17H,2-3,5,16,18-19H2,1H3,(H,30,31)(H,32,33). The van der Waals surface area contributed by atoms with Crippen molar-refractivity contribution in [1.82, 2.24) is 4.98 Å². The molecule has 0 spiro atoms. The number of carboxylic acids is 2. The molecule has 0 saturated carbocycles. The van der Waals surface area contributed by atoms with Crippen LogP contribution in [0, 0.1) is 0 Å². The highest BCUT2D eigenvalue weighted by atomic mass is 32.2. The number of hydrogen-bond acceptors (Lipinski definition) is 6. The predicted octanol–water partition coefficient (Wildman–Crippen LogP) is 5.72. The number of nitrogens with zero attached hydrogens (tertiary/aromatic N) is 1. The number of aryl methyl sites for hydroxylation is 1. The average Bonchev–Trinajstić information content (AvgIpc) is 2.88. The van der Waals surface area contributed by atoms with Crippen LogP contribution in [0.25, 0.3) is 6.08 Å². The number of ether oxygens (including phenoxy) is 2. The maximum Gasteiger partial charge on any atom is 0.335 e. The lowest BCUT2D eigenvalue weighted by Crippen LogP contribution is -2.02. The Kier molecular flexibility index (Phi) is 10.4. The van der Waals surface area contributed by atoms with Crippen molar-refractivity contribution in [3.05, 3.63) is 94.8 Å². The summed E-state index contributed by atoms with van der Waals surface area (Å²) >= 11 is 1.60. The molecule has 0 aliphatic heterocycles. The summed E-state index contributed by atoms with van der Waals surface area (Å²) in [5.74, 6) is 0.601. The molecule has 0 radical (unpaired) electrons. The first-order valence-electron chi connectivity index (χ1n) is 11.5. The third kappa shape index (κ3) is 8.78. The monoisotopic (exact) mass is 507 g/mol. The molecule has 8 heteroatoms. The topological polar surface area (TPSA) is 106 Å². The second kappa shape index (κ2) is 13.9. The number of hydrogen-bond donors (Lipinski definition) is 2. The van der Waals surface area contributed by atoms with Gasteiger partial charge in [-0.15, -0.1) is 0 Å². The molecule has 0 unspecified atom stereocenters. The van der Waals surface area contributed by atoms with Crippen molar-refractivity contribution in [2.75, 3.05) is 13.7 Å². The Balaban J connectivity index is 1.53. The number of pyridine rings is 1. The summed E-state index contributed by atoms with van der Waals surface area (Å²) in [6, 6.07) is 18.5. The molecule has 188 valence electrons. The van der Waals surface area contributed by atoms with Crippen LogP contribution in [0.4, 0.5) is 0 Å². The SMILES string of the molecule is COc1ccc(CCCCOc2ccc(CSCc3cccc(C(=O)O)c3)nc2C=CC(=O)O)cc1. The van der Waals surface area contributed by atoms with Crippen molar-refractivity contribution in [2.24, 2.45) is 0 Å². The Morgan fingerprint density at radius 1 is 0.972 bits per heavy atom. The molecule has 3 rings (SSSR count). The van der Waals surface area contributed by atoms with Crippen molar-refractivity contribution in [3.63, 3.8) is 0 Å². The summed E-state index contributed by atoms with van der Waals surface area (Å²) in [6.07, 6.45) is 5.23. The summed E-state index contributed by atoms with van der Waals surface area (Å²) in [7, 11) is 1.65. The number of thioether (sulfide) groups is 1. The van der Waals surface area contributed by atoms with E-state index in [-0.39, 0.29) is 5.56 Å². The number of carboxylic acid groups (broad SMARTS) is 2. The van der Waals surface area contributed by atoms with E-state index in [1.807, 2.05) is 30.3 Å². The van der Waals surface area contributed by atoms with Crippen LogP contribution in [-0.4, -0.2) is 40.9 Å². The van der Waals surface area contributed by atoms with Gasteiger partial charge in [-0.1, -0.05) is 24.3 Å². The van der Waals surface area contributed by atoms with Crippen molar-refractivity contribution in [3.8, 4) is 11.5 Å². The van der Waals surface area contributed by atoms with Crippen LogP contribution in [0.3, 0.4) is 0 Å². The number of methoxy groups -OCH3 is 1. The van der Waals surface area contributed by atoms with E-state index in [4.69, 9.17) is 19.7 Å². The fraction of sp³-hybridized carbons (Fsp3) is 0.250. The van der Waals surface area contributed by atoms with Crippen LogP contribution in [0.15, 0.2) is 66.7 Å². The molecule has 0 atom stereocenters. The van der Waals surface area contributed by atoms with Crippen LogP contribution < -0.4 is 9.47 Å². The molecule has 2 N–H and O–H groups in total. The Labute approximate surface area is 214 Å². The van der Waals surface area contributed by atoms with E-state index < -0.39 is 11.9 Å². The van der Waals surface area contributed by atoms with Gasteiger partial charge in [-0.05, 0) is 72.9 Å². The zero-order valence-electron chi connectivity index (χ0n) is 20.1. The van der Waals surface area contributed by atoms with Gasteiger partial charge in [-0.3, -0.25) is 0 Å². The first-order chi connectivity index (χ1) is 17.4. The number of unbranched alkanes of at least 4 members (excludes halogenated alkanes) is 1. The third-order valence-corrected chi connectivity index (χ3v) is 6.33. The minimum absolute atomic E-state index is 0.262. The van der Waals surface area contributed by atoms with Gasteiger partial charge in [0.25, 0.3) is 0 Å². The quantitative estimate of drug-likeness (QED) is 0.211. The van der Waals surface area contributed by atoms with E-state index in [0.717, 1.165) is 42.3 Å². The minimum Gasteiger partial charge on any atom is -0.497 e. The molecule has 1 heterocycles. The van der Waals surface area contributed by atoms with Gasteiger partial charge in [0.1, 0.15) is 17.2 Å². The Morgan fingerprint density at radius 2 is 1.78 bits per heavy atom. The average molecular weight is 508 g/mol. The van der Waals surface area contributed by atoms with Crippen LogP contribution in [0.1, 0.15) is 45.7 Å². The summed E-state index contributed by atoms with van der Waals surface area (Å²) in [5, 5.41) is 18.2. The maximum atomic E-state index is 11.1. The van der Waals surface area contributed by atoms with Gasteiger partial charge in [0, 0.05) is 17.6 Å². The van der Waals surface area contributed by atoms with E-state index >= 15 is 0 Å². The molecular weight excluding hydrogens is 478 g/mol.